The summed E-state index contributed by atoms with van der Waals surface area (Å²) in [6.45, 7) is 4.90. The standard InChI is InChI=1S/C16H27N3O2/c1-12-7-8-14(17)11-15(12)18-16(21)13(2)19(3)9-5-4-6-10-20/h7-8,11,13,20H,4-6,9-10,17H2,1-3H3,(H,18,21). The maximum atomic E-state index is 12.3. The SMILES string of the molecule is Cc1ccc(N)cc1NC(=O)C(C)N(C)CCCCCO. The smallest absolute Gasteiger partial charge is 0.241 e. The fourth-order valence-electron chi connectivity index (χ4n) is 2.06. The first-order valence-electron chi connectivity index (χ1n) is 7.43. The highest BCUT2D eigenvalue weighted by Crippen LogP contribution is 2.18. The molecule has 1 aromatic carbocycles. The first kappa shape index (κ1) is 17.5. The number of likely N-dealkylation sites (N-methyl/N-ethyl adjacent to an activating group) is 1. The van der Waals surface area contributed by atoms with Crippen LogP contribution in [0.4, 0.5) is 11.4 Å². The van der Waals surface area contributed by atoms with Gasteiger partial charge in [-0.05, 0) is 64.4 Å². The van der Waals surface area contributed by atoms with Crippen LogP contribution in [-0.2, 0) is 4.79 Å². The molecule has 0 aliphatic heterocycles. The van der Waals surface area contributed by atoms with Crippen molar-refractivity contribution in [3.05, 3.63) is 23.8 Å². The zero-order valence-electron chi connectivity index (χ0n) is 13.2. The summed E-state index contributed by atoms with van der Waals surface area (Å²) in [6.07, 6.45) is 2.77. The minimum absolute atomic E-state index is 0.0339. The van der Waals surface area contributed by atoms with Crippen molar-refractivity contribution in [2.24, 2.45) is 0 Å². The number of aliphatic hydroxyl groups excluding tert-OH is 1. The number of nitrogens with one attached hydrogen (secondary N) is 1. The van der Waals surface area contributed by atoms with Crippen molar-refractivity contribution < 1.29 is 9.90 Å². The van der Waals surface area contributed by atoms with E-state index >= 15 is 0 Å². The third kappa shape index (κ3) is 5.73. The molecule has 0 spiro atoms. The summed E-state index contributed by atoms with van der Waals surface area (Å²) in [7, 11) is 1.94. The van der Waals surface area contributed by atoms with Crippen LogP contribution in [0.2, 0.25) is 0 Å². The minimum atomic E-state index is -0.208. The maximum absolute atomic E-state index is 12.3. The molecule has 0 aliphatic rings. The molecule has 118 valence electrons. The van der Waals surface area contributed by atoms with Gasteiger partial charge in [-0.1, -0.05) is 6.07 Å². The van der Waals surface area contributed by atoms with Gasteiger partial charge in [-0.15, -0.1) is 0 Å². The van der Waals surface area contributed by atoms with Gasteiger partial charge in [0.25, 0.3) is 0 Å². The van der Waals surface area contributed by atoms with Crippen molar-refractivity contribution in [1.29, 1.82) is 0 Å². The Morgan fingerprint density at radius 1 is 1.38 bits per heavy atom. The van der Waals surface area contributed by atoms with Crippen LogP contribution < -0.4 is 11.1 Å². The van der Waals surface area contributed by atoms with Crippen LogP contribution in [0.3, 0.4) is 0 Å². The van der Waals surface area contributed by atoms with Gasteiger partial charge in [0.15, 0.2) is 0 Å². The largest absolute Gasteiger partial charge is 0.399 e. The summed E-state index contributed by atoms with van der Waals surface area (Å²) in [4.78, 5) is 14.3. The van der Waals surface area contributed by atoms with E-state index in [-0.39, 0.29) is 18.6 Å². The van der Waals surface area contributed by atoms with E-state index in [1.165, 1.54) is 0 Å². The van der Waals surface area contributed by atoms with Crippen LogP contribution in [0.5, 0.6) is 0 Å². The molecule has 1 unspecified atom stereocenters. The van der Waals surface area contributed by atoms with Crippen molar-refractivity contribution >= 4 is 17.3 Å². The van der Waals surface area contributed by atoms with E-state index in [2.05, 4.69) is 5.32 Å². The van der Waals surface area contributed by atoms with E-state index in [0.717, 1.165) is 37.1 Å². The van der Waals surface area contributed by atoms with Gasteiger partial charge < -0.3 is 16.2 Å². The molecule has 0 bridgehead atoms. The Hall–Kier alpha value is -1.59. The molecule has 5 heteroatoms. The summed E-state index contributed by atoms with van der Waals surface area (Å²) >= 11 is 0. The Balaban J connectivity index is 2.51. The highest BCUT2D eigenvalue weighted by molar-refractivity contribution is 5.95. The van der Waals surface area contributed by atoms with Crippen molar-refractivity contribution in [1.82, 2.24) is 4.90 Å². The van der Waals surface area contributed by atoms with Crippen LogP contribution >= 0.6 is 0 Å². The molecule has 1 rings (SSSR count). The fourth-order valence-corrected chi connectivity index (χ4v) is 2.06. The lowest BCUT2D eigenvalue weighted by molar-refractivity contribution is -0.120. The van der Waals surface area contributed by atoms with Gasteiger partial charge in [0.05, 0.1) is 6.04 Å². The number of unbranched alkanes of at least 4 members (excludes halogenated alkanes) is 2. The number of aryl methyl sites for hydroxylation is 1. The van der Waals surface area contributed by atoms with Gasteiger partial charge in [0.2, 0.25) is 5.91 Å². The molecule has 0 fully saturated rings. The van der Waals surface area contributed by atoms with Gasteiger partial charge in [-0.25, -0.2) is 0 Å². The summed E-state index contributed by atoms with van der Waals surface area (Å²) < 4.78 is 0. The monoisotopic (exact) mass is 293 g/mol. The molecule has 0 aromatic heterocycles. The van der Waals surface area contributed by atoms with Crippen LogP contribution in [0.25, 0.3) is 0 Å². The number of nitrogens with two attached hydrogens (primary N) is 1. The summed E-state index contributed by atoms with van der Waals surface area (Å²) in [5, 5.41) is 11.7. The zero-order valence-corrected chi connectivity index (χ0v) is 13.2. The number of amides is 1. The number of nitrogen functional groups attached to an aromatic ring is 1. The van der Waals surface area contributed by atoms with Crippen molar-refractivity contribution in [3.63, 3.8) is 0 Å². The number of carbonyl (C=O) groups is 1. The first-order valence-corrected chi connectivity index (χ1v) is 7.43. The average Bonchev–Trinajstić information content (AvgIpc) is 2.46. The van der Waals surface area contributed by atoms with E-state index in [1.807, 2.05) is 37.9 Å². The number of aliphatic hydroxyl groups is 1. The fraction of sp³-hybridized carbons (Fsp3) is 0.562. The van der Waals surface area contributed by atoms with Crippen molar-refractivity contribution in [2.45, 2.75) is 39.2 Å². The third-order valence-electron chi connectivity index (χ3n) is 3.73. The van der Waals surface area contributed by atoms with Gasteiger partial charge in [-0.3, -0.25) is 9.69 Å². The number of hydrogen-bond donors (Lipinski definition) is 3. The average molecular weight is 293 g/mol. The Morgan fingerprint density at radius 3 is 2.76 bits per heavy atom. The molecule has 0 heterocycles. The second-order valence-corrected chi connectivity index (χ2v) is 5.50. The number of anilines is 2. The predicted octanol–water partition coefficient (Wildman–Crippen LogP) is 2.00. The quantitative estimate of drug-likeness (QED) is 0.506. The highest BCUT2D eigenvalue weighted by Gasteiger charge is 2.18. The molecule has 5 nitrogen and oxygen atoms in total. The van der Waals surface area contributed by atoms with Crippen molar-refractivity contribution in [2.75, 3.05) is 31.2 Å². The normalized spacial score (nSPS) is 12.4. The Kier molecular flexibility index (Phi) is 7.19. The molecular formula is C16H27N3O2. The van der Waals surface area contributed by atoms with Gasteiger partial charge in [0.1, 0.15) is 0 Å². The lowest BCUT2D eigenvalue weighted by atomic mass is 10.1. The number of nitrogens with zero attached hydrogens (tertiary/aromatic N) is 1. The number of carbonyl (C=O) groups excluding carboxylic acids is 1. The molecule has 1 aromatic rings. The summed E-state index contributed by atoms with van der Waals surface area (Å²) in [6, 6.07) is 5.29. The molecular weight excluding hydrogens is 266 g/mol. The molecule has 0 aliphatic carbocycles. The van der Waals surface area contributed by atoms with Gasteiger partial charge >= 0.3 is 0 Å². The van der Waals surface area contributed by atoms with Crippen molar-refractivity contribution in [3.8, 4) is 0 Å². The molecule has 0 radical (unpaired) electrons. The van der Waals surface area contributed by atoms with E-state index < -0.39 is 0 Å². The zero-order chi connectivity index (χ0) is 15.8. The number of benzene rings is 1. The number of rotatable bonds is 8. The molecule has 0 saturated heterocycles. The van der Waals surface area contributed by atoms with E-state index in [9.17, 15) is 4.79 Å². The van der Waals surface area contributed by atoms with Crippen LogP contribution in [-0.4, -0.2) is 42.2 Å². The van der Waals surface area contributed by atoms with Gasteiger partial charge in [-0.2, -0.15) is 0 Å². The number of hydrogen-bond acceptors (Lipinski definition) is 4. The highest BCUT2D eigenvalue weighted by atomic mass is 16.2. The lowest BCUT2D eigenvalue weighted by Crippen LogP contribution is -2.40. The molecule has 1 amide bonds. The lowest BCUT2D eigenvalue weighted by Gasteiger charge is -2.24. The maximum Gasteiger partial charge on any atom is 0.241 e. The predicted molar refractivity (Wildman–Crippen MR) is 87.2 cm³/mol. The summed E-state index contributed by atoms with van der Waals surface area (Å²) in [5.41, 5.74) is 8.15. The minimum Gasteiger partial charge on any atom is -0.399 e. The van der Waals surface area contributed by atoms with Crippen LogP contribution in [0.1, 0.15) is 31.7 Å². The topological polar surface area (TPSA) is 78.6 Å². The summed E-state index contributed by atoms with van der Waals surface area (Å²) in [5.74, 6) is -0.0339. The Morgan fingerprint density at radius 2 is 2.10 bits per heavy atom. The second kappa shape index (κ2) is 8.64. The molecule has 21 heavy (non-hydrogen) atoms. The molecule has 0 saturated carbocycles. The molecule has 1 atom stereocenters. The van der Waals surface area contributed by atoms with Crippen LogP contribution in [0, 0.1) is 6.92 Å². The van der Waals surface area contributed by atoms with E-state index in [4.69, 9.17) is 10.8 Å². The second-order valence-electron chi connectivity index (χ2n) is 5.50. The Labute approximate surface area is 127 Å². The first-order chi connectivity index (χ1) is 9.95. The molecule has 4 N–H and O–H groups in total. The van der Waals surface area contributed by atoms with E-state index in [0.29, 0.717) is 5.69 Å². The van der Waals surface area contributed by atoms with Crippen LogP contribution in [0.15, 0.2) is 18.2 Å². The van der Waals surface area contributed by atoms with E-state index in [1.54, 1.807) is 6.07 Å². The third-order valence-corrected chi connectivity index (χ3v) is 3.73. The Bertz CT molecular complexity index is 463. The van der Waals surface area contributed by atoms with Gasteiger partial charge in [0, 0.05) is 18.0 Å².